The molecule has 0 bridgehead atoms. The summed E-state index contributed by atoms with van der Waals surface area (Å²) in [7, 11) is 0. The van der Waals surface area contributed by atoms with Crippen LogP contribution in [0.1, 0.15) is 22.3 Å². The number of carbonyl (C=O) groups is 1. The number of hydrogen-bond acceptors (Lipinski definition) is 3. The van der Waals surface area contributed by atoms with E-state index in [-0.39, 0.29) is 18.6 Å². The summed E-state index contributed by atoms with van der Waals surface area (Å²) in [5.74, 6) is 0.989. The highest BCUT2D eigenvalue weighted by molar-refractivity contribution is 5.73. The number of aryl methyl sites for hydroxylation is 1. The van der Waals surface area contributed by atoms with Crippen LogP contribution < -0.4 is 15.4 Å². The minimum atomic E-state index is -0.193. The third-order valence-electron chi connectivity index (χ3n) is 4.91. The zero-order valence-corrected chi connectivity index (χ0v) is 15.8. The lowest BCUT2D eigenvalue weighted by molar-refractivity contribution is 0.214. The van der Waals surface area contributed by atoms with E-state index >= 15 is 0 Å². The van der Waals surface area contributed by atoms with E-state index in [1.807, 2.05) is 12.1 Å². The molecular weight excluding hydrogens is 340 g/mol. The molecule has 27 heavy (non-hydrogen) atoms. The molecule has 0 aromatic heterocycles. The van der Waals surface area contributed by atoms with Crippen molar-refractivity contribution in [2.24, 2.45) is 5.92 Å². The molecule has 2 amide bonds. The number of urea groups is 1. The largest absolute Gasteiger partial charge is 0.493 e. The second-order valence-electron chi connectivity index (χ2n) is 7.17. The fourth-order valence-electron chi connectivity index (χ4n) is 3.27. The zero-order chi connectivity index (χ0) is 19.1. The summed E-state index contributed by atoms with van der Waals surface area (Å²) >= 11 is 0. The predicted molar refractivity (Wildman–Crippen MR) is 106 cm³/mol. The van der Waals surface area contributed by atoms with E-state index in [1.165, 1.54) is 22.3 Å². The highest BCUT2D eigenvalue weighted by Gasteiger charge is 2.13. The van der Waals surface area contributed by atoms with Crippen molar-refractivity contribution in [1.82, 2.24) is 10.6 Å². The third-order valence-corrected chi connectivity index (χ3v) is 4.91. The predicted octanol–water partition coefficient (Wildman–Crippen LogP) is 2.62. The summed E-state index contributed by atoms with van der Waals surface area (Å²) in [5, 5.41) is 15.3. The van der Waals surface area contributed by atoms with Gasteiger partial charge in [-0.25, -0.2) is 4.79 Å². The number of aliphatic hydroxyl groups excluding tert-OH is 1. The number of carbonyl (C=O) groups excluding carboxylic acids is 1. The Morgan fingerprint density at radius 2 is 1.93 bits per heavy atom. The number of benzene rings is 2. The number of rotatable bonds is 8. The van der Waals surface area contributed by atoms with Gasteiger partial charge in [0.2, 0.25) is 0 Å². The average Bonchev–Trinajstić information content (AvgIpc) is 3.14. The number of nitrogens with one attached hydrogen (secondary N) is 2. The molecule has 1 heterocycles. The molecule has 5 nitrogen and oxygen atoms in total. The van der Waals surface area contributed by atoms with Gasteiger partial charge in [-0.15, -0.1) is 0 Å². The van der Waals surface area contributed by atoms with Gasteiger partial charge >= 0.3 is 6.03 Å². The van der Waals surface area contributed by atoms with Crippen LogP contribution in [-0.2, 0) is 19.3 Å². The van der Waals surface area contributed by atoms with Crippen LogP contribution in [0, 0.1) is 12.8 Å². The third kappa shape index (κ3) is 5.73. The fraction of sp³-hybridized carbons (Fsp3) is 0.409. The topological polar surface area (TPSA) is 70.6 Å². The molecule has 0 saturated carbocycles. The van der Waals surface area contributed by atoms with E-state index in [0.717, 1.165) is 31.6 Å². The number of amides is 2. The lowest BCUT2D eigenvalue weighted by atomic mass is 9.99. The zero-order valence-electron chi connectivity index (χ0n) is 15.8. The lowest BCUT2D eigenvalue weighted by Crippen LogP contribution is -2.40. The van der Waals surface area contributed by atoms with Gasteiger partial charge < -0.3 is 20.5 Å². The first kappa shape index (κ1) is 19.2. The van der Waals surface area contributed by atoms with Crippen molar-refractivity contribution in [1.29, 1.82) is 0 Å². The van der Waals surface area contributed by atoms with Crippen LogP contribution in [0.2, 0.25) is 0 Å². The average molecular weight is 368 g/mol. The van der Waals surface area contributed by atoms with Crippen molar-refractivity contribution in [3.63, 3.8) is 0 Å². The van der Waals surface area contributed by atoms with Crippen molar-refractivity contribution < 1.29 is 14.6 Å². The molecule has 1 aliphatic heterocycles. The number of fused-ring (bicyclic) bond motifs is 1. The molecule has 5 heteroatoms. The SMILES string of the molecule is Cc1ccc(CC(CO)CNC(=O)NCCc2ccc3c(c2)CCO3)cc1. The Kier molecular flexibility index (Phi) is 6.71. The number of hydrogen-bond donors (Lipinski definition) is 3. The number of aliphatic hydroxyl groups is 1. The van der Waals surface area contributed by atoms with E-state index in [9.17, 15) is 9.90 Å². The van der Waals surface area contributed by atoms with E-state index in [1.54, 1.807) is 0 Å². The van der Waals surface area contributed by atoms with Gasteiger partial charge in [-0.2, -0.15) is 0 Å². The van der Waals surface area contributed by atoms with Gasteiger partial charge in [0.05, 0.1) is 6.61 Å². The van der Waals surface area contributed by atoms with E-state index in [4.69, 9.17) is 4.74 Å². The first-order valence-corrected chi connectivity index (χ1v) is 9.57. The minimum Gasteiger partial charge on any atom is -0.493 e. The maximum absolute atomic E-state index is 12.0. The van der Waals surface area contributed by atoms with Gasteiger partial charge in [-0.05, 0) is 42.5 Å². The summed E-state index contributed by atoms with van der Waals surface area (Å²) < 4.78 is 5.51. The lowest BCUT2D eigenvalue weighted by Gasteiger charge is -2.16. The smallest absolute Gasteiger partial charge is 0.314 e. The summed E-state index contributed by atoms with van der Waals surface area (Å²) in [6, 6.07) is 14.3. The minimum absolute atomic E-state index is 0.00941. The maximum atomic E-state index is 12.0. The molecule has 2 aromatic rings. The van der Waals surface area contributed by atoms with Crippen LogP contribution in [0.5, 0.6) is 5.75 Å². The molecule has 2 aromatic carbocycles. The molecule has 1 unspecified atom stereocenters. The maximum Gasteiger partial charge on any atom is 0.314 e. The first-order chi connectivity index (χ1) is 13.1. The van der Waals surface area contributed by atoms with Crippen molar-refractivity contribution >= 4 is 6.03 Å². The molecule has 0 spiro atoms. The second-order valence-corrected chi connectivity index (χ2v) is 7.17. The summed E-state index contributed by atoms with van der Waals surface area (Å²) in [5.41, 5.74) is 4.83. The fourth-order valence-corrected chi connectivity index (χ4v) is 3.27. The highest BCUT2D eigenvalue weighted by Crippen LogP contribution is 2.25. The molecule has 0 saturated heterocycles. The molecule has 0 aliphatic carbocycles. The van der Waals surface area contributed by atoms with Crippen molar-refractivity contribution in [3.8, 4) is 5.75 Å². The van der Waals surface area contributed by atoms with Crippen molar-refractivity contribution in [3.05, 3.63) is 64.7 Å². The van der Waals surface area contributed by atoms with Crippen LogP contribution >= 0.6 is 0 Å². The first-order valence-electron chi connectivity index (χ1n) is 9.57. The molecular formula is C22H28N2O3. The summed E-state index contributed by atoms with van der Waals surface area (Å²) in [6.07, 6.45) is 2.49. The highest BCUT2D eigenvalue weighted by atomic mass is 16.5. The Labute approximate surface area is 160 Å². The van der Waals surface area contributed by atoms with Gasteiger partial charge in [0.1, 0.15) is 5.75 Å². The molecule has 1 aliphatic rings. The molecule has 144 valence electrons. The van der Waals surface area contributed by atoms with Crippen molar-refractivity contribution in [2.45, 2.75) is 26.2 Å². The monoisotopic (exact) mass is 368 g/mol. The second kappa shape index (κ2) is 9.42. The van der Waals surface area contributed by atoms with E-state index < -0.39 is 0 Å². The normalized spacial score (nSPS) is 13.6. The van der Waals surface area contributed by atoms with Crippen LogP contribution in [0.4, 0.5) is 4.79 Å². The van der Waals surface area contributed by atoms with Gasteiger partial charge in [0.15, 0.2) is 0 Å². The van der Waals surface area contributed by atoms with Gasteiger partial charge in [0.25, 0.3) is 0 Å². The Morgan fingerprint density at radius 1 is 1.15 bits per heavy atom. The van der Waals surface area contributed by atoms with E-state index in [2.05, 4.69) is 47.9 Å². The van der Waals surface area contributed by atoms with Crippen LogP contribution in [-0.4, -0.2) is 37.4 Å². The molecule has 1 atom stereocenters. The van der Waals surface area contributed by atoms with Crippen LogP contribution in [0.3, 0.4) is 0 Å². The van der Waals surface area contributed by atoms with Gasteiger partial charge in [-0.1, -0.05) is 42.0 Å². The molecule has 3 rings (SSSR count). The molecule has 0 radical (unpaired) electrons. The summed E-state index contributed by atoms with van der Waals surface area (Å²) in [6.45, 7) is 3.88. The van der Waals surface area contributed by atoms with Crippen molar-refractivity contribution in [2.75, 3.05) is 26.3 Å². The van der Waals surface area contributed by atoms with Crippen LogP contribution in [0.25, 0.3) is 0 Å². The Balaban J connectivity index is 1.37. The Hall–Kier alpha value is -2.53. The van der Waals surface area contributed by atoms with Crippen LogP contribution in [0.15, 0.2) is 42.5 Å². The standard InChI is InChI=1S/C22H28N2O3/c1-16-2-4-17(5-3-16)12-19(15-25)14-24-22(26)23-10-8-18-6-7-21-20(13-18)9-11-27-21/h2-7,13,19,25H,8-12,14-15H2,1H3,(H2,23,24,26). The summed E-state index contributed by atoms with van der Waals surface area (Å²) in [4.78, 5) is 12.0. The number of ether oxygens (including phenoxy) is 1. The quantitative estimate of drug-likeness (QED) is 0.671. The Morgan fingerprint density at radius 3 is 2.70 bits per heavy atom. The van der Waals surface area contributed by atoms with Gasteiger partial charge in [0, 0.05) is 32.0 Å². The molecule has 0 fully saturated rings. The van der Waals surface area contributed by atoms with E-state index in [0.29, 0.717) is 13.1 Å². The van der Waals surface area contributed by atoms with Gasteiger partial charge in [-0.3, -0.25) is 0 Å². The Bertz CT molecular complexity index is 759. The molecule has 3 N–H and O–H groups in total.